The molecule has 0 aromatic heterocycles. The van der Waals surface area contributed by atoms with E-state index in [4.69, 9.17) is 22.1 Å². The summed E-state index contributed by atoms with van der Waals surface area (Å²) in [6.45, 7) is 2.72. The van der Waals surface area contributed by atoms with Gasteiger partial charge in [0.2, 0.25) is 0 Å². The van der Waals surface area contributed by atoms with Gasteiger partial charge in [-0.15, -0.1) is 5.92 Å². The molecule has 0 atom stereocenters. The monoisotopic (exact) mass is 223 g/mol. The Morgan fingerprint density at radius 1 is 1.47 bits per heavy atom. The van der Waals surface area contributed by atoms with Gasteiger partial charge in [-0.2, -0.15) is 0 Å². The Bertz CT molecular complexity index is 379. The van der Waals surface area contributed by atoms with Gasteiger partial charge >= 0.3 is 0 Å². The van der Waals surface area contributed by atoms with Crippen molar-refractivity contribution < 1.29 is 4.74 Å². The van der Waals surface area contributed by atoms with Crippen LogP contribution in [0.2, 0.25) is 5.02 Å². The summed E-state index contributed by atoms with van der Waals surface area (Å²) < 4.78 is 5.50. The zero-order chi connectivity index (χ0) is 11.1. The maximum absolute atomic E-state index is 6.05. The molecule has 0 fully saturated rings. The van der Waals surface area contributed by atoms with Gasteiger partial charge in [0.05, 0.1) is 0 Å². The van der Waals surface area contributed by atoms with Gasteiger partial charge < -0.3 is 10.5 Å². The van der Waals surface area contributed by atoms with Crippen molar-refractivity contribution in [2.45, 2.75) is 13.3 Å². The highest BCUT2D eigenvalue weighted by Crippen LogP contribution is 2.26. The number of hydrogen-bond acceptors (Lipinski definition) is 2. The van der Waals surface area contributed by atoms with Crippen LogP contribution in [0.4, 0.5) is 0 Å². The van der Waals surface area contributed by atoms with E-state index in [1.807, 2.05) is 18.2 Å². The van der Waals surface area contributed by atoms with Gasteiger partial charge in [-0.3, -0.25) is 0 Å². The molecule has 0 bridgehead atoms. The SMILES string of the molecule is CC#CCOc1cccc(Cl)c1CCN. The Kier molecular flexibility index (Phi) is 5.03. The number of halogens is 1. The van der Waals surface area contributed by atoms with Crippen molar-refractivity contribution in [1.29, 1.82) is 0 Å². The third-order valence-electron chi connectivity index (χ3n) is 1.95. The van der Waals surface area contributed by atoms with Crippen LogP contribution in [0.1, 0.15) is 12.5 Å². The number of hydrogen-bond donors (Lipinski definition) is 1. The van der Waals surface area contributed by atoms with Gasteiger partial charge in [0.25, 0.3) is 0 Å². The number of ether oxygens (including phenoxy) is 1. The standard InChI is InChI=1S/C12H14ClNO/c1-2-3-9-15-12-6-4-5-11(13)10(12)7-8-14/h4-6H,7-9,14H2,1H3. The molecular formula is C12H14ClNO. The third kappa shape index (κ3) is 3.47. The fourth-order valence-corrected chi connectivity index (χ4v) is 1.51. The average molecular weight is 224 g/mol. The van der Waals surface area contributed by atoms with Gasteiger partial charge in [0, 0.05) is 10.6 Å². The highest BCUT2D eigenvalue weighted by molar-refractivity contribution is 6.31. The Labute approximate surface area is 95.4 Å². The molecule has 0 saturated carbocycles. The molecule has 80 valence electrons. The third-order valence-corrected chi connectivity index (χ3v) is 2.30. The minimum atomic E-state index is 0.383. The van der Waals surface area contributed by atoms with Crippen molar-refractivity contribution in [2.24, 2.45) is 5.73 Å². The molecule has 2 N–H and O–H groups in total. The van der Waals surface area contributed by atoms with Crippen molar-refractivity contribution in [3.05, 3.63) is 28.8 Å². The molecular weight excluding hydrogens is 210 g/mol. The second-order valence-corrected chi connectivity index (χ2v) is 3.38. The first-order chi connectivity index (χ1) is 7.29. The van der Waals surface area contributed by atoms with E-state index >= 15 is 0 Å². The van der Waals surface area contributed by atoms with Crippen LogP contribution < -0.4 is 10.5 Å². The number of benzene rings is 1. The molecule has 0 aliphatic carbocycles. The largest absolute Gasteiger partial charge is 0.481 e. The lowest BCUT2D eigenvalue weighted by Gasteiger charge is -2.10. The van der Waals surface area contributed by atoms with Crippen LogP contribution in [0.15, 0.2) is 18.2 Å². The molecule has 0 amide bonds. The number of nitrogens with two attached hydrogens (primary N) is 1. The van der Waals surface area contributed by atoms with Crippen LogP contribution in [0.25, 0.3) is 0 Å². The first-order valence-electron chi connectivity index (χ1n) is 4.79. The summed E-state index contributed by atoms with van der Waals surface area (Å²) in [6, 6.07) is 5.58. The summed E-state index contributed by atoms with van der Waals surface area (Å²) >= 11 is 6.05. The molecule has 0 radical (unpaired) electrons. The van der Waals surface area contributed by atoms with Gasteiger partial charge in [-0.05, 0) is 32.0 Å². The Morgan fingerprint density at radius 3 is 2.93 bits per heavy atom. The second kappa shape index (κ2) is 6.34. The van der Waals surface area contributed by atoms with Crippen molar-refractivity contribution in [2.75, 3.05) is 13.2 Å². The lowest BCUT2D eigenvalue weighted by atomic mass is 10.1. The Hall–Kier alpha value is -1.17. The van der Waals surface area contributed by atoms with E-state index in [0.29, 0.717) is 24.6 Å². The fraction of sp³-hybridized carbons (Fsp3) is 0.333. The Morgan fingerprint density at radius 2 is 2.27 bits per heavy atom. The summed E-state index contributed by atoms with van der Waals surface area (Å²) in [5.41, 5.74) is 6.47. The lowest BCUT2D eigenvalue weighted by molar-refractivity contribution is 0.366. The quantitative estimate of drug-likeness (QED) is 0.795. The second-order valence-electron chi connectivity index (χ2n) is 2.97. The molecule has 0 heterocycles. The topological polar surface area (TPSA) is 35.2 Å². The van der Waals surface area contributed by atoms with Gasteiger partial charge in [0.1, 0.15) is 12.4 Å². The Balaban J connectivity index is 2.83. The lowest BCUT2D eigenvalue weighted by Crippen LogP contribution is -2.06. The van der Waals surface area contributed by atoms with Crippen LogP contribution in [-0.2, 0) is 6.42 Å². The summed E-state index contributed by atoms with van der Waals surface area (Å²) in [5.74, 6) is 6.38. The van der Waals surface area contributed by atoms with E-state index in [0.717, 1.165) is 11.3 Å². The summed E-state index contributed by atoms with van der Waals surface area (Å²) in [4.78, 5) is 0. The maximum Gasteiger partial charge on any atom is 0.149 e. The highest BCUT2D eigenvalue weighted by atomic mass is 35.5. The summed E-state index contributed by atoms with van der Waals surface area (Å²) in [6.07, 6.45) is 0.717. The zero-order valence-corrected chi connectivity index (χ0v) is 9.47. The molecule has 1 aromatic carbocycles. The van der Waals surface area contributed by atoms with Gasteiger partial charge in [0.15, 0.2) is 0 Å². The molecule has 2 nitrogen and oxygen atoms in total. The van der Waals surface area contributed by atoms with Crippen LogP contribution >= 0.6 is 11.6 Å². The van der Waals surface area contributed by atoms with E-state index < -0.39 is 0 Å². The minimum absolute atomic E-state index is 0.383. The van der Waals surface area contributed by atoms with Crippen LogP contribution in [0.3, 0.4) is 0 Å². The molecule has 1 aromatic rings. The van der Waals surface area contributed by atoms with Crippen molar-refractivity contribution in [1.82, 2.24) is 0 Å². The van der Waals surface area contributed by atoms with E-state index in [1.165, 1.54) is 0 Å². The van der Waals surface area contributed by atoms with E-state index in [-0.39, 0.29) is 0 Å². The smallest absolute Gasteiger partial charge is 0.149 e. The van der Waals surface area contributed by atoms with E-state index in [2.05, 4.69) is 11.8 Å². The van der Waals surface area contributed by atoms with E-state index in [1.54, 1.807) is 6.92 Å². The first kappa shape index (κ1) is 11.9. The molecule has 0 unspecified atom stereocenters. The molecule has 0 spiro atoms. The van der Waals surface area contributed by atoms with Crippen LogP contribution in [0.5, 0.6) is 5.75 Å². The molecule has 1 rings (SSSR count). The summed E-state index contributed by atoms with van der Waals surface area (Å²) in [7, 11) is 0. The van der Waals surface area contributed by atoms with Crippen molar-refractivity contribution in [3.8, 4) is 17.6 Å². The van der Waals surface area contributed by atoms with Crippen LogP contribution in [0, 0.1) is 11.8 Å². The van der Waals surface area contributed by atoms with Crippen molar-refractivity contribution in [3.63, 3.8) is 0 Å². The number of rotatable bonds is 4. The molecule has 0 aliphatic heterocycles. The zero-order valence-electron chi connectivity index (χ0n) is 8.72. The fourth-order valence-electron chi connectivity index (χ4n) is 1.25. The molecule has 3 heteroatoms. The highest BCUT2D eigenvalue weighted by Gasteiger charge is 2.06. The maximum atomic E-state index is 6.05. The molecule has 0 saturated heterocycles. The molecule has 0 aliphatic rings. The average Bonchev–Trinajstić information content (AvgIpc) is 2.23. The normalized spacial score (nSPS) is 9.27. The molecule has 15 heavy (non-hydrogen) atoms. The van der Waals surface area contributed by atoms with E-state index in [9.17, 15) is 0 Å². The minimum Gasteiger partial charge on any atom is -0.481 e. The first-order valence-corrected chi connectivity index (χ1v) is 5.17. The van der Waals surface area contributed by atoms with Gasteiger partial charge in [-0.1, -0.05) is 23.6 Å². The van der Waals surface area contributed by atoms with Gasteiger partial charge in [-0.25, -0.2) is 0 Å². The predicted octanol–water partition coefficient (Wildman–Crippen LogP) is 2.24. The summed E-state index contributed by atoms with van der Waals surface area (Å²) in [5, 5.41) is 0.697. The van der Waals surface area contributed by atoms with Crippen molar-refractivity contribution >= 4 is 11.6 Å². The van der Waals surface area contributed by atoms with Crippen LogP contribution in [-0.4, -0.2) is 13.2 Å². The predicted molar refractivity (Wildman–Crippen MR) is 63.2 cm³/mol.